The molecular weight excluding hydrogens is 411 g/mol. The van der Waals surface area contributed by atoms with Gasteiger partial charge in [-0.15, -0.1) is 0 Å². The third-order valence-corrected chi connectivity index (χ3v) is 5.56. The smallest absolute Gasteiger partial charge is 0.278 e. The standard InChI is InChI=1S/C21H18ClFN4O3/c1-11-19(26-30-25-11)21(29)27(10-12-4-2-3-5-14(12)20(24)28)18-7-6-15-16(18)8-13(22)9-17(15)23/h2-5,8-9,18H,6-7,10H2,1H3,(H2,24,28)/t18-/m1/s1. The molecule has 30 heavy (non-hydrogen) atoms. The maximum absolute atomic E-state index is 14.4. The molecule has 0 aliphatic heterocycles. The molecule has 1 atom stereocenters. The Morgan fingerprint density at radius 2 is 2.07 bits per heavy atom. The van der Waals surface area contributed by atoms with Crippen LogP contribution < -0.4 is 5.73 Å². The van der Waals surface area contributed by atoms with Crippen LogP contribution in [0, 0.1) is 12.7 Å². The van der Waals surface area contributed by atoms with Crippen LogP contribution in [0.4, 0.5) is 4.39 Å². The van der Waals surface area contributed by atoms with E-state index in [4.69, 9.17) is 22.0 Å². The maximum atomic E-state index is 14.4. The first-order chi connectivity index (χ1) is 14.4. The van der Waals surface area contributed by atoms with Crippen LogP contribution in [0.5, 0.6) is 0 Å². The van der Waals surface area contributed by atoms with Crippen LogP contribution in [0.3, 0.4) is 0 Å². The van der Waals surface area contributed by atoms with Gasteiger partial charge in [0.25, 0.3) is 5.91 Å². The molecule has 1 aliphatic rings. The number of fused-ring (bicyclic) bond motifs is 1. The van der Waals surface area contributed by atoms with E-state index in [1.165, 1.54) is 11.0 Å². The largest absolute Gasteiger partial charge is 0.366 e. The first-order valence-corrected chi connectivity index (χ1v) is 9.70. The first-order valence-electron chi connectivity index (χ1n) is 9.32. The predicted molar refractivity (Wildman–Crippen MR) is 106 cm³/mol. The Kier molecular flexibility index (Phi) is 5.26. The minimum atomic E-state index is -0.599. The van der Waals surface area contributed by atoms with Gasteiger partial charge in [-0.1, -0.05) is 35.0 Å². The van der Waals surface area contributed by atoms with E-state index in [9.17, 15) is 14.0 Å². The molecule has 0 fully saturated rings. The molecular formula is C21H18ClFN4O3. The Morgan fingerprint density at radius 1 is 1.30 bits per heavy atom. The maximum Gasteiger partial charge on any atom is 0.278 e. The molecule has 0 bridgehead atoms. The van der Waals surface area contributed by atoms with Gasteiger partial charge in [0, 0.05) is 17.1 Å². The number of amides is 2. The lowest BCUT2D eigenvalue weighted by Gasteiger charge is -2.30. The van der Waals surface area contributed by atoms with Gasteiger partial charge < -0.3 is 10.6 Å². The molecule has 0 saturated heterocycles. The molecule has 3 aromatic rings. The Bertz CT molecular complexity index is 1150. The van der Waals surface area contributed by atoms with Crippen molar-refractivity contribution in [1.82, 2.24) is 15.2 Å². The van der Waals surface area contributed by atoms with Crippen molar-refractivity contribution in [1.29, 1.82) is 0 Å². The number of nitrogens with two attached hydrogens (primary N) is 1. The van der Waals surface area contributed by atoms with Crippen LogP contribution in [-0.2, 0) is 13.0 Å². The highest BCUT2D eigenvalue weighted by Gasteiger charge is 2.35. The first kappa shape index (κ1) is 20.0. The lowest BCUT2D eigenvalue weighted by atomic mass is 10.0. The number of carbonyl (C=O) groups excluding carboxylic acids is 2. The molecule has 2 amide bonds. The Balaban J connectivity index is 1.80. The molecule has 0 saturated carbocycles. The quantitative estimate of drug-likeness (QED) is 0.668. The van der Waals surface area contributed by atoms with Crippen molar-refractivity contribution in [3.63, 3.8) is 0 Å². The molecule has 4 rings (SSSR count). The predicted octanol–water partition coefficient (Wildman–Crippen LogP) is 3.60. The molecule has 154 valence electrons. The zero-order chi connectivity index (χ0) is 21.4. The highest BCUT2D eigenvalue weighted by Crippen LogP contribution is 2.40. The number of rotatable bonds is 5. The Labute approximate surface area is 176 Å². The average Bonchev–Trinajstić information content (AvgIpc) is 3.32. The Morgan fingerprint density at radius 3 is 2.77 bits per heavy atom. The van der Waals surface area contributed by atoms with Crippen molar-refractivity contribution in [2.75, 3.05) is 0 Å². The van der Waals surface area contributed by atoms with E-state index >= 15 is 0 Å². The van der Waals surface area contributed by atoms with Gasteiger partial charge in [-0.2, -0.15) is 0 Å². The van der Waals surface area contributed by atoms with Crippen molar-refractivity contribution in [2.24, 2.45) is 5.73 Å². The molecule has 0 spiro atoms. The summed E-state index contributed by atoms with van der Waals surface area (Å²) in [4.78, 5) is 26.8. The number of nitrogens with zero attached hydrogens (tertiary/aromatic N) is 3. The van der Waals surface area contributed by atoms with E-state index < -0.39 is 23.7 Å². The summed E-state index contributed by atoms with van der Waals surface area (Å²) in [7, 11) is 0. The number of halogens is 2. The minimum absolute atomic E-state index is 0.0579. The fourth-order valence-electron chi connectivity index (χ4n) is 3.91. The average molecular weight is 429 g/mol. The number of benzene rings is 2. The van der Waals surface area contributed by atoms with Crippen LogP contribution >= 0.6 is 11.6 Å². The molecule has 2 N–H and O–H groups in total. The van der Waals surface area contributed by atoms with Gasteiger partial charge >= 0.3 is 0 Å². The summed E-state index contributed by atoms with van der Waals surface area (Å²) in [6.07, 6.45) is 0.960. The normalized spacial score (nSPS) is 15.1. The fraction of sp³-hybridized carbons (Fsp3) is 0.238. The SMILES string of the molecule is Cc1nonc1C(=O)N(Cc1ccccc1C(N)=O)[C@@H]1CCc2c(F)cc(Cl)cc21. The van der Waals surface area contributed by atoms with Crippen LogP contribution in [0.15, 0.2) is 41.0 Å². The molecule has 2 aromatic carbocycles. The number of hydrogen-bond donors (Lipinski definition) is 1. The van der Waals surface area contributed by atoms with Gasteiger partial charge in [-0.25, -0.2) is 9.02 Å². The van der Waals surface area contributed by atoms with Crippen molar-refractivity contribution in [3.05, 3.63) is 80.9 Å². The molecule has 9 heteroatoms. The van der Waals surface area contributed by atoms with Crippen molar-refractivity contribution >= 4 is 23.4 Å². The molecule has 7 nitrogen and oxygen atoms in total. The summed E-state index contributed by atoms with van der Waals surface area (Å²) in [5, 5.41) is 7.66. The third kappa shape index (κ3) is 3.54. The number of carbonyl (C=O) groups is 2. The minimum Gasteiger partial charge on any atom is -0.366 e. The summed E-state index contributed by atoms with van der Waals surface area (Å²) in [5.74, 6) is -1.44. The van der Waals surface area contributed by atoms with Gasteiger partial charge in [0.15, 0.2) is 5.69 Å². The van der Waals surface area contributed by atoms with Gasteiger partial charge in [-0.3, -0.25) is 9.59 Å². The van der Waals surface area contributed by atoms with E-state index in [-0.39, 0.29) is 17.3 Å². The number of aryl methyl sites for hydroxylation is 1. The Hall–Kier alpha value is -3.26. The van der Waals surface area contributed by atoms with E-state index in [0.29, 0.717) is 40.8 Å². The van der Waals surface area contributed by atoms with Gasteiger partial charge in [0.1, 0.15) is 11.5 Å². The zero-order valence-corrected chi connectivity index (χ0v) is 16.8. The van der Waals surface area contributed by atoms with Crippen molar-refractivity contribution < 1.29 is 18.6 Å². The summed E-state index contributed by atoms with van der Waals surface area (Å²) < 4.78 is 19.1. The van der Waals surface area contributed by atoms with E-state index in [1.807, 2.05) is 0 Å². The topological polar surface area (TPSA) is 102 Å². The third-order valence-electron chi connectivity index (χ3n) is 5.34. The second-order valence-corrected chi connectivity index (χ2v) is 7.60. The van der Waals surface area contributed by atoms with Crippen LogP contribution in [0.1, 0.15) is 55.7 Å². The summed E-state index contributed by atoms with van der Waals surface area (Å²) in [6, 6.07) is 9.26. The van der Waals surface area contributed by atoms with Gasteiger partial charge in [0.05, 0.1) is 6.04 Å². The van der Waals surface area contributed by atoms with Crippen molar-refractivity contribution in [3.8, 4) is 0 Å². The van der Waals surface area contributed by atoms with Crippen LogP contribution in [-0.4, -0.2) is 27.0 Å². The van der Waals surface area contributed by atoms with E-state index in [0.717, 1.165) is 0 Å². The lowest BCUT2D eigenvalue weighted by molar-refractivity contribution is 0.0644. The zero-order valence-electron chi connectivity index (χ0n) is 16.1. The van der Waals surface area contributed by atoms with Crippen LogP contribution in [0.25, 0.3) is 0 Å². The number of primary amides is 1. The van der Waals surface area contributed by atoms with Gasteiger partial charge in [0.2, 0.25) is 5.91 Å². The fourth-order valence-corrected chi connectivity index (χ4v) is 4.13. The molecule has 1 aromatic heterocycles. The number of aromatic nitrogens is 2. The number of hydrogen-bond acceptors (Lipinski definition) is 5. The molecule has 0 radical (unpaired) electrons. The molecule has 1 heterocycles. The van der Waals surface area contributed by atoms with E-state index in [2.05, 4.69) is 10.3 Å². The highest BCUT2D eigenvalue weighted by molar-refractivity contribution is 6.30. The molecule has 0 unspecified atom stereocenters. The summed E-state index contributed by atoms with van der Waals surface area (Å²) in [5.41, 5.74) is 7.95. The highest BCUT2D eigenvalue weighted by atomic mass is 35.5. The second kappa shape index (κ2) is 7.87. The second-order valence-electron chi connectivity index (χ2n) is 7.16. The van der Waals surface area contributed by atoms with Gasteiger partial charge in [-0.05, 0) is 59.8 Å². The summed E-state index contributed by atoms with van der Waals surface area (Å²) >= 11 is 6.09. The molecule has 1 aliphatic carbocycles. The summed E-state index contributed by atoms with van der Waals surface area (Å²) in [6.45, 7) is 1.68. The van der Waals surface area contributed by atoms with Crippen molar-refractivity contribution in [2.45, 2.75) is 32.4 Å². The van der Waals surface area contributed by atoms with Crippen LogP contribution in [0.2, 0.25) is 5.02 Å². The van der Waals surface area contributed by atoms with E-state index in [1.54, 1.807) is 37.3 Å². The lowest BCUT2D eigenvalue weighted by Crippen LogP contribution is -2.35. The monoisotopic (exact) mass is 428 g/mol.